The van der Waals surface area contributed by atoms with Crippen LogP contribution < -0.4 is 0 Å². The van der Waals surface area contributed by atoms with E-state index in [9.17, 15) is 0 Å². The zero-order chi connectivity index (χ0) is 16.6. The van der Waals surface area contributed by atoms with Crippen molar-refractivity contribution in [2.75, 3.05) is 19.6 Å². The molecule has 2 heterocycles. The quantitative estimate of drug-likeness (QED) is 0.710. The molecular weight excluding hydrogens is 304 g/mol. The molecule has 2 aromatic carbocycles. The normalized spacial score (nSPS) is 21.7. The van der Waals surface area contributed by atoms with E-state index in [0.717, 1.165) is 5.92 Å². The molecule has 0 saturated carbocycles. The van der Waals surface area contributed by atoms with E-state index in [1.807, 2.05) is 0 Å². The fourth-order valence-electron chi connectivity index (χ4n) is 5.00. The molecule has 2 aliphatic rings. The number of aromatic amines is 1. The maximum absolute atomic E-state index is 3.45. The first-order valence-corrected chi connectivity index (χ1v) is 9.74. The molecule has 1 saturated heterocycles. The third kappa shape index (κ3) is 2.79. The number of hydrogen-bond acceptors (Lipinski definition) is 1. The predicted molar refractivity (Wildman–Crippen MR) is 104 cm³/mol. The number of hydrogen-bond donors (Lipinski definition) is 1. The van der Waals surface area contributed by atoms with E-state index < -0.39 is 0 Å². The van der Waals surface area contributed by atoms with Crippen molar-refractivity contribution >= 4 is 10.9 Å². The second-order valence-corrected chi connectivity index (χ2v) is 7.80. The lowest BCUT2D eigenvalue weighted by molar-refractivity contribution is 0.200. The van der Waals surface area contributed by atoms with Crippen LogP contribution in [0, 0.1) is 0 Å². The summed E-state index contributed by atoms with van der Waals surface area (Å²) in [7, 11) is 0. The highest BCUT2D eigenvalue weighted by molar-refractivity contribution is 5.83. The first-order chi connectivity index (χ1) is 12.4. The minimum atomic E-state index is 0.711. The molecule has 3 aromatic rings. The number of H-pyrrole nitrogens is 1. The van der Waals surface area contributed by atoms with Gasteiger partial charge in [-0.2, -0.15) is 0 Å². The second-order valence-electron chi connectivity index (χ2n) is 7.80. The van der Waals surface area contributed by atoms with E-state index in [4.69, 9.17) is 0 Å². The highest BCUT2D eigenvalue weighted by Gasteiger charge is 2.27. The van der Waals surface area contributed by atoms with Gasteiger partial charge in [-0.15, -0.1) is 0 Å². The molecule has 5 rings (SSSR count). The van der Waals surface area contributed by atoms with Gasteiger partial charge in [-0.3, -0.25) is 0 Å². The Labute approximate surface area is 149 Å². The summed E-state index contributed by atoms with van der Waals surface area (Å²) in [5.74, 6) is 1.46. The van der Waals surface area contributed by atoms with Crippen LogP contribution in [0.2, 0.25) is 0 Å². The largest absolute Gasteiger partial charge is 0.361 e. The molecule has 1 unspecified atom stereocenters. The Hall–Kier alpha value is -2.06. The molecule has 1 N–H and O–H groups in total. The molecule has 1 aromatic heterocycles. The highest BCUT2D eigenvalue weighted by atomic mass is 15.1. The standard InChI is InChI=1S/C23H26N2/c1-2-6-20-17(5-1)9-10-19(20)16-25-13-11-18(12-14-25)22-15-24-23-8-4-3-7-21(22)23/h1-8,15,18-19,24H,9-14,16H2. The van der Waals surface area contributed by atoms with E-state index >= 15 is 0 Å². The van der Waals surface area contributed by atoms with Gasteiger partial charge in [0.05, 0.1) is 0 Å². The van der Waals surface area contributed by atoms with Crippen molar-refractivity contribution in [3.8, 4) is 0 Å². The fraction of sp³-hybridized carbons (Fsp3) is 0.391. The number of fused-ring (bicyclic) bond motifs is 2. The summed E-state index contributed by atoms with van der Waals surface area (Å²) in [6, 6.07) is 17.8. The van der Waals surface area contributed by atoms with Crippen molar-refractivity contribution in [2.45, 2.75) is 37.5 Å². The summed E-state index contributed by atoms with van der Waals surface area (Å²) < 4.78 is 0. The summed E-state index contributed by atoms with van der Waals surface area (Å²) in [6.45, 7) is 3.73. The first kappa shape index (κ1) is 15.2. The number of piperidine rings is 1. The molecule has 1 aliphatic carbocycles. The number of nitrogens with one attached hydrogen (secondary N) is 1. The van der Waals surface area contributed by atoms with Crippen molar-refractivity contribution in [3.05, 3.63) is 71.4 Å². The van der Waals surface area contributed by atoms with Crippen LogP contribution in [-0.4, -0.2) is 29.5 Å². The van der Waals surface area contributed by atoms with Crippen molar-refractivity contribution in [1.82, 2.24) is 9.88 Å². The van der Waals surface area contributed by atoms with E-state index in [1.165, 1.54) is 61.8 Å². The lowest BCUT2D eigenvalue weighted by atomic mass is 9.88. The van der Waals surface area contributed by atoms with Gasteiger partial charge in [0.15, 0.2) is 0 Å². The molecule has 128 valence electrons. The molecule has 0 bridgehead atoms. The maximum Gasteiger partial charge on any atom is 0.0456 e. The lowest BCUT2D eigenvalue weighted by Crippen LogP contribution is -2.35. The molecule has 1 atom stereocenters. The summed E-state index contributed by atoms with van der Waals surface area (Å²) in [6.07, 6.45) is 7.43. The molecule has 25 heavy (non-hydrogen) atoms. The van der Waals surface area contributed by atoms with Crippen molar-refractivity contribution in [1.29, 1.82) is 0 Å². The summed E-state index contributed by atoms with van der Waals surface area (Å²) in [5, 5.41) is 1.42. The molecule has 0 spiro atoms. The Morgan fingerprint density at radius 1 is 0.880 bits per heavy atom. The Bertz CT molecular complexity index is 870. The van der Waals surface area contributed by atoms with Gasteiger partial charge in [-0.25, -0.2) is 0 Å². The minimum absolute atomic E-state index is 0.711. The zero-order valence-electron chi connectivity index (χ0n) is 14.7. The molecule has 0 amide bonds. The van der Waals surface area contributed by atoms with Gasteiger partial charge in [0.25, 0.3) is 0 Å². The zero-order valence-corrected chi connectivity index (χ0v) is 14.7. The third-order valence-electron chi connectivity index (χ3n) is 6.38. The smallest absolute Gasteiger partial charge is 0.0456 e. The molecule has 1 aliphatic heterocycles. The van der Waals surface area contributed by atoms with Crippen LogP contribution in [0.15, 0.2) is 54.7 Å². The van der Waals surface area contributed by atoms with E-state index in [0.29, 0.717) is 5.92 Å². The van der Waals surface area contributed by atoms with E-state index in [2.05, 4.69) is 64.6 Å². The van der Waals surface area contributed by atoms with Crippen LogP contribution in [-0.2, 0) is 6.42 Å². The number of para-hydroxylation sites is 1. The number of aromatic nitrogens is 1. The summed E-state index contributed by atoms with van der Waals surface area (Å²) in [4.78, 5) is 6.16. The van der Waals surface area contributed by atoms with Crippen LogP contribution in [0.25, 0.3) is 10.9 Å². The molecular formula is C23H26N2. The van der Waals surface area contributed by atoms with Gasteiger partial charge in [-0.1, -0.05) is 42.5 Å². The van der Waals surface area contributed by atoms with Crippen LogP contribution in [0.4, 0.5) is 0 Å². The van der Waals surface area contributed by atoms with Crippen molar-refractivity contribution in [3.63, 3.8) is 0 Å². The Kier molecular flexibility index (Phi) is 3.86. The third-order valence-corrected chi connectivity index (χ3v) is 6.38. The molecule has 2 heteroatoms. The summed E-state index contributed by atoms with van der Waals surface area (Å²) in [5.41, 5.74) is 6.01. The van der Waals surface area contributed by atoms with Crippen LogP contribution in [0.3, 0.4) is 0 Å². The summed E-state index contributed by atoms with van der Waals surface area (Å²) >= 11 is 0. The Balaban J connectivity index is 1.25. The van der Waals surface area contributed by atoms with Gasteiger partial charge < -0.3 is 9.88 Å². The van der Waals surface area contributed by atoms with Gasteiger partial charge in [0.2, 0.25) is 0 Å². The van der Waals surface area contributed by atoms with Gasteiger partial charge in [0.1, 0.15) is 0 Å². The predicted octanol–water partition coefficient (Wildman–Crippen LogP) is 5.08. The van der Waals surface area contributed by atoms with Crippen LogP contribution in [0.1, 0.15) is 47.8 Å². The molecule has 1 fully saturated rings. The van der Waals surface area contributed by atoms with Gasteiger partial charge >= 0.3 is 0 Å². The monoisotopic (exact) mass is 330 g/mol. The molecule has 0 radical (unpaired) electrons. The first-order valence-electron chi connectivity index (χ1n) is 9.74. The SMILES string of the molecule is c1ccc2c(c1)CCC2CN1CCC(c2c[nH]c3ccccc23)CC1. The number of rotatable bonds is 3. The second kappa shape index (κ2) is 6.34. The van der Waals surface area contributed by atoms with Gasteiger partial charge in [0, 0.05) is 23.6 Å². The number of nitrogens with zero attached hydrogens (tertiary/aromatic N) is 1. The van der Waals surface area contributed by atoms with Crippen LogP contribution >= 0.6 is 0 Å². The van der Waals surface area contributed by atoms with E-state index in [-0.39, 0.29) is 0 Å². The van der Waals surface area contributed by atoms with Crippen molar-refractivity contribution in [2.24, 2.45) is 0 Å². The molecule has 2 nitrogen and oxygen atoms in total. The maximum atomic E-state index is 3.45. The average molecular weight is 330 g/mol. The number of likely N-dealkylation sites (tertiary alicyclic amines) is 1. The van der Waals surface area contributed by atoms with E-state index in [1.54, 1.807) is 11.1 Å². The lowest BCUT2D eigenvalue weighted by Gasteiger charge is -2.33. The number of benzene rings is 2. The average Bonchev–Trinajstić information content (AvgIpc) is 3.27. The minimum Gasteiger partial charge on any atom is -0.361 e. The van der Waals surface area contributed by atoms with Crippen molar-refractivity contribution < 1.29 is 0 Å². The topological polar surface area (TPSA) is 19.0 Å². The Morgan fingerprint density at radius 2 is 1.68 bits per heavy atom. The Morgan fingerprint density at radius 3 is 2.60 bits per heavy atom. The van der Waals surface area contributed by atoms with Gasteiger partial charge in [-0.05, 0) is 73.4 Å². The highest BCUT2D eigenvalue weighted by Crippen LogP contribution is 2.36. The van der Waals surface area contributed by atoms with Crippen LogP contribution in [0.5, 0.6) is 0 Å². The fourth-order valence-corrected chi connectivity index (χ4v) is 5.00. The number of aryl methyl sites for hydroxylation is 1.